The number of nitrogens with zero attached hydrogens (tertiary/aromatic N) is 1. The molecular weight excluding hydrogens is 254 g/mol. The summed E-state index contributed by atoms with van der Waals surface area (Å²) in [6.45, 7) is 9.41. The van der Waals surface area contributed by atoms with Gasteiger partial charge in [-0.3, -0.25) is 9.36 Å². The maximum absolute atomic E-state index is 12.0. The highest BCUT2D eigenvalue weighted by molar-refractivity contribution is 6.01. The summed E-state index contributed by atoms with van der Waals surface area (Å²) in [4.78, 5) is 23.0. The molecule has 0 radical (unpaired) electrons. The highest BCUT2D eigenvalue weighted by Crippen LogP contribution is 2.21. The Balaban J connectivity index is 0.000000956. The lowest BCUT2D eigenvalue weighted by molar-refractivity contribution is 0.0544. The van der Waals surface area contributed by atoms with Gasteiger partial charge in [0.15, 0.2) is 6.29 Å². The van der Waals surface area contributed by atoms with Crippen LogP contribution in [0, 0.1) is 0 Å². The van der Waals surface area contributed by atoms with Gasteiger partial charge in [0.05, 0.1) is 5.52 Å². The fourth-order valence-electron chi connectivity index (χ4n) is 1.76. The van der Waals surface area contributed by atoms with Crippen molar-refractivity contribution in [1.29, 1.82) is 0 Å². The molecule has 0 N–H and O–H groups in total. The summed E-state index contributed by atoms with van der Waals surface area (Å²) in [5.74, 6) is 0. The third kappa shape index (κ3) is 3.47. The lowest BCUT2D eigenvalue weighted by Gasteiger charge is -2.19. The summed E-state index contributed by atoms with van der Waals surface area (Å²) >= 11 is 0. The Bertz CT molecular complexity index is 606. The van der Waals surface area contributed by atoms with Crippen LogP contribution in [0.5, 0.6) is 0 Å². The van der Waals surface area contributed by atoms with Gasteiger partial charge in [0.25, 0.3) is 0 Å². The molecule has 20 heavy (non-hydrogen) atoms. The molecule has 1 heterocycles. The first kappa shape index (κ1) is 16.0. The van der Waals surface area contributed by atoms with E-state index in [0.717, 1.165) is 11.7 Å². The number of carbonyl (C=O) groups is 2. The molecule has 4 heteroatoms. The molecule has 0 amide bonds. The second-order valence-electron chi connectivity index (χ2n) is 5.07. The van der Waals surface area contributed by atoms with Crippen LogP contribution in [0.15, 0.2) is 30.5 Å². The van der Waals surface area contributed by atoms with Crippen LogP contribution < -0.4 is 0 Å². The zero-order valence-electron chi connectivity index (χ0n) is 12.6. The van der Waals surface area contributed by atoms with Crippen molar-refractivity contribution in [1.82, 2.24) is 4.57 Å². The molecule has 0 bridgehead atoms. The van der Waals surface area contributed by atoms with Gasteiger partial charge in [-0.25, -0.2) is 4.79 Å². The number of benzene rings is 1. The average molecular weight is 275 g/mol. The van der Waals surface area contributed by atoms with Gasteiger partial charge < -0.3 is 4.74 Å². The SMILES string of the molecule is CC.CC(C)(C)OC(=O)n1cc(C=O)c2ccccc21. The largest absolute Gasteiger partial charge is 0.443 e. The Morgan fingerprint density at radius 3 is 2.35 bits per heavy atom. The zero-order valence-corrected chi connectivity index (χ0v) is 12.6. The van der Waals surface area contributed by atoms with E-state index in [-0.39, 0.29) is 0 Å². The molecule has 1 aromatic carbocycles. The molecule has 108 valence electrons. The van der Waals surface area contributed by atoms with E-state index in [0.29, 0.717) is 11.1 Å². The van der Waals surface area contributed by atoms with E-state index < -0.39 is 11.7 Å². The van der Waals surface area contributed by atoms with E-state index in [9.17, 15) is 9.59 Å². The number of aromatic nitrogens is 1. The average Bonchev–Trinajstić information content (AvgIpc) is 2.78. The fraction of sp³-hybridized carbons (Fsp3) is 0.375. The first-order chi connectivity index (χ1) is 9.42. The monoisotopic (exact) mass is 275 g/mol. The lowest BCUT2D eigenvalue weighted by Crippen LogP contribution is -2.26. The highest BCUT2D eigenvalue weighted by atomic mass is 16.6. The maximum Gasteiger partial charge on any atom is 0.419 e. The molecule has 0 fully saturated rings. The van der Waals surface area contributed by atoms with Crippen LogP contribution in [-0.4, -0.2) is 22.5 Å². The van der Waals surface area contributed by atoms with Crippen LogP contribution in [0.2, 0.25) is 0 Å². The predicted octanol–water partition coefficient (Wildman–Crippen LogP) is 4.26. The standard InChI is InChI=1S/C14H15NO3.C2H6/c1-14(2,3)18-13(17)15-8-10(9-16)11-6-4-5-7-12(11)15;1-2/h4-9H,1-3H3;1-2H3. The van der Waals surface area contributed by atoms with Crippen LogP contribution in [0.1, 0.15) is 45.0 Å². The molecule has 1 aromatic heterocycles. The van der Waals surface area contributed by atoms with E-state index in [2.05, 4.69) is 0 Å². The molecular formula is C16H21NO3. The zero-order chi connectivity index (χ0) is 15.3. The number of para-hydroxylation sites is 1. The molecule has 0 spiro atoms. The first-order valence-electron chi connectivity index (χ1n) is 6.71. The summed E-state index contributed by atoms with van der Waals surface area (Å²) in [5, 5.41) is 0.748. The molecule has 0 unspecified atom stereocenters. The Hall–Kier alpha value is -2.10. The smallest absolute Gasteiger partial charge is 0.419 e. The van der Waals surface area contributed by atoms with E-state index >= 15 is 0 Å². The number of carbonyl (C=O) groups excluding carboxylic acids is 2. The number of fused-ring (bicyclic) bond motifs is 1. The first-order valence-corrected chi connectivity index (χ1v) is 6.71. The predicted molar refractivity (Wildman–Crippen MR) is 80.3 cm³/mol. The summed E-state index contributed by atoms with van der Waals surface area (Å²) in [6.07, 6.45) is 1.77. The Morgan fingerprint density at radius 2 is 1.80 bits per heavy atom. The minimum absolute atomic E-state index is 0.480. The van der Waals surface area contributed by atoms with Crippen LogP contribution in [0.4, 0.5) is 4.79 Å². The lowest BCUT2D eigenvalue weighted by atomic mass is 10.2. The second-order valence-corrected chi connectivity index (χ2v) is 5.07. The van der Waals surface area contributed by atoms with Gasteiger partial charge in [-0.05, 0) is 26.8 Å². The van der Waals surface area contributed by atoms with E-state index in [1.807, 2.05) is 26.0 Å². The van der Waals surface area contributed by atoms with Gasteiger partial charge in [-0.2, -0.15) is 0 Å². The molecule has 4 nitrogen and oxygen atoms in total. The van der Waals surface area contributed by atoms with Crippen molar-refractivity contribution in [3.05, 3.63) is 36.0 Å². The van der Waals surface area contributed by atoms with E-state index in [1.54, 1.807) is 32.9 Å². The van der Waals surface area contributed by atoms with E-state index in [1.165, 1.54) is 10.8 Å². The summed E-state index contributed by atoms with van der Waals surface area (Å²) in [6, 6.07) is 7.23. The molecule has 0 saturated heterocycles. The molecule has 2 aromatic rings. The number of hydrogen-bond donors (Lipinski definition) is 0. The van der Waals surface area contributed by atoms with Crippen LogP contribution in [-0.2, 0) is 4.74 Å². The van der Waals surface area contributed by atoms with Crippen LogP contribution in [0.25, 0.3) is 10.9 Å². The van der Waals surface area contributed by atoms with Gasteiger partial charge in [-0.1, -0.05) is 32.0 Å². The second kappa shape index (κ2) is 6.37. The topological polar surface area (TPSA) is 48.3 Å². The molecule has 0 aliphatic heterocycles. The van der Waals surface area contributed by atoms with Gasteiger partial charge in [0.1, 0.15) is 5.60 Å². The normalized spacial score (nSPS) is 10.7. The van der Waals surface area contributed by atoms with Crippen molar-refractivity contribution in [3.63, 3.8) is 0 Å². The Labute approximate surface area is 119 Å². The van der Waals surface area contributed by atoms with Crippen molar-refractivity contribution in [2.45, 2.75) is 40.2 Å². The molecule has 0 aliphatic rings. The summed E-state index contributed by atoms with van der Waals surface area (Å²) < 4.78 is 6.66. The van der Waals surface area contributed by atoms with Gasteiger partial charge in [0.2, 0.25) is 0 Å². The molecule has 0 saturated carbocycles. The maximum atomic E-state index is 12.0. The third-order valence-electron chi connectivity index (χ3n) is 2.46. The van der Waals surface area contributed by atoms with Crippen molar-refractivity contribution in [2.24, 2.45) is 0 Å². The summed E-state index contributed by atoms with van der Waals surface area (Å²) in [7, 11) is 0. The number of hydrogen-bond acceptors (Lipinski definition) is 3. The number of ether oxygens (including phenoxy) is 1. The quantitative estimate of drug-likeness (QED) is 0.730. The van der Waals surface area contributed by atoms with Gasteiger partial charge in [0, 0.05) is 17.1 Å². The number of rotatable bonds is 1. The van der Waals surface area contributed by atoms with Crippen LogP contribution >= 0.6 is 0 Å². The van der Waals surface area contributed by atoms with Gasteiger partial charge in [-0.15, -0.1) is 0 Å². The third-order valence-corrected chi connectivity index (χ3v) is 2.46. The van der Waals surface area contributed by atoms with Gasteiger partial charge >= 0.3 is 6.09 Å². The number of aldehydes is 1. The van der Waals surface area contributed by atoms with Crippen molar-refractivity contribution in [3.8, 4) is 0 Å². The minimum Gasteiger partial charge on any atom is -0.443 e. The molecule has 0 atom stereocenters. The summed E-state index contributed by atoms with van der Waals surface area (Å²) in [5.41, 5.74) is 0.592. The molecule has 0 aliphatic carbocycles. The van der Waals surface area contributed by atoms with Crippen molar-refractivity contribution in [2.75, 3.05) is 0 Å². The van der Waals surface area contributed by atoms with Crippen molar-refractivity contribution < 1.29 is 14.3 Å². The minimum atomic E-state index is -0.566. The van der Waals surface area contributed by atoms with Crippen LogP contribution in [0.3, 0.4) is 0 Å². The fourth-order valence-corrected chi connectivity index (χ4v) is 1.76. The Kier molecular flexibility index (Phi) is 5.08. The van der Waals surface area contributed by atoms with E-state index in [4.69, 9.17) is 4.74 Å². The van der Waals surface area contributed by atoms with Crippen molar-refractivity contribution >= 4 is 23.3 Å². The Morgan fingerprint density at radius 1 is 1.20 bits per heavy atom. The highest BCUT2D eigenvalue weighted by Gasteiger charge is 2.20. The molecule has 2 rings (SSSR count).